The van der Waals surface area contributed by atoms with Crippen LogP contribution in [0.25, 0.3) is 10.9 Å². The monoisotopic (exact) mass is 227 g/mol. The first-order chi connectivity index (χ1) is 8.08. The van der Waals surface area contributed by atoms with Gasteiger partial charge in [-0.25, -0.2) is 0 Å². The molecule has 1 aromatic carbocycles. The number of ketones is 2. The molecule has 0 unspecified atom stereocenters. The molecule has 0 radical (unpaired) electrons. The lowest BCUT2D eigenvalue weighted by Crippen LogP contribution is -1.96. The standard InChI is InChI=1S/C14H13NO2/c1-7-5-12-11(6-10(7)8(2)16)9-3-4-13(17)14(9)15-12/h5-6,15H,3-4H2,1-2H3. The fourth-order valence-corrected chi connectivity index (χ4v) is 2.65. The fourth-order valence-electron chi connectivity index (χ4n) is 2.65. The second-order valence-corrected chi connectivity index (χ2v) is 4.67. The van der Waals surface area contributed by atoms with Crippen molar-refractivity contribution in [2.24, 2.45) is 0 Å². The number of fused-ring (bicyclic) bond motifs is 3. The molecule has 1 aliphatic rings. The Morgan fingerprint density at radius 1 is 1.29 bits per heavy atom. The van der Waals surface area contributed by atoms with Crippen molar-refractivity contribution in [3.8, 4) is 0 Å². The SMILES string of the molecule is CC(=O)c1cc2c3c([nH]c2cc1C)C(=O)CC3. The van der Waals surface area contributed by atoms with E-state index in [0.29, 0.717) is 6.42 Å². The Bertz CT molecular complexity index is 664. The lowest BCUT2D eigenvalue weighted by atomic mass is 10.0. The third-order valence-electron chi connectivity index (χ3n) is 3.51. The Labute approximate surface area is 98.8 Å². The second-order valence-electron chi connectivity index (χ2n) is 4.67. The van der Waals surface area contributed by atoms with E-state index >= 15 is 0 Å². The van der Waals surface area contributed by atoms with Gasteiger partial charge in [0.05, 0.1) is 5.69 Å². The summed E-state index contributed by atoms with van der Waals surface area (Å²) >= 11 is 0. The molecule has 17 heavy (non-hydrogen) atoms. The quantitative estimate of drug-likeness (QED) is 0.761. The van der Waals surface area contributed by atoms with Crippen molar-refractivity contribution >= 4 is 22.5 Å². The van der Waals surface area contributed by atoms with Gasteiger partial charge in [-0.1, -0.05) is 0 Å². The molecule has 2 aromatic rings. The number of nitrogens with one attached hydrogen (secondary N) is 1. The van der Waals surface area contributed by atoms with E-state index in [1.807, 2.05) is 19.1 Å². The number of hydrogen-bond acceptors (Lipinski definition) is 2. The Morgan fingerprint density at radius 3 is 2.76 bits per heavy atom. The van der Waals surface area contributed by atoms with Gasteiger partial charge in [0.25, 0.3) is 0 Å². The first kappa shape index (κ1) is 10.3. The highest BCUT2D eigenvalue weighted by Crippen LogP contribution is 2.31. The van der Waals surface area contributed by atoms with E-state index in [9.17, 15) is 9.59 Å². The van der Waals surface area contributed by atoms with Crippen molar-refractivity contribution in [2.75, 3.05) is 0 Å². The molecule has 0 spiro atoms. The molecule has 0 bridgehead atoms. The van der Waals surface area contributed by atoms with Crippen molar-refractivity contribution in [1.82, 2.24) is 4.98 Å². The van der Waals surface area contributed by atoms with Crippen LogP contribution >= 0.6 is 0 Å². The number of aromatic nitrogens is 1. The van der Waals surface area contributed by atoms with E-state index in [0.717, 1.165) is 39.7 Å². The molecule has 1 N–H and O–H groups in total. The van der Waals surface area contributed by atoms with Gasteiger partial charge in [0, 0.05) is 22.9 Å². The Hall–Kier alpha value is -1.90. The molecule has 0 saturated heterocycles. The third kappa shape index (κ3) is 1.35. The summed E-state index contributed by atoms with van der Waals surface area (Å²) in [7, 11) is 0. The summed E-state index contributed by atoms with van der Waals surface area (Å²) in [6.07, 6.45) is 1.37. The Balaban J connectivity index is 2.35. The van der Waals surface area contributed by atoms with Gasteiger partial charge in [-0.05, 0) is 43.5 Å². The van der Waals surface area contributed by atoms with Gasteiger partial charge in [0.1, 0.15) is 0 Å². The normalized spacial score (nSPS) is 14.4. The van der Waals surface area contributed by atoms with E-state index in [1.54, 1.807) is 6.92 Å². The first-order valence-corrected chi connectivity index (χ1v) is 5.77. The smallest absolute Gasteiger partial charge is 0.179 e. The van der Waals surface area contributed by atoms with Crippen LogP contribution < -0.4 is 0 Å². The van der Waals surface area contributed by atoms with Gasteiger partial charge in [0.15, 0.2) is 11.6 Å². The van der Waals surface area contributed by atoms with Crippen molar-refractivity contribution in [2.45, 2.75) is 26.7 Å². The van der Waals surface area contributed by atoms with Crippen molar-refractivity contribution in [3.05, 3.63) is 34.5 Å². The van der Waals surface area contributed by atoms with Gasteiger partial charge >= 0.3 is 0 Å². The van der Waals surface area contributed by atoms with Gasteiger partial charge in [0.2, 0.25) is 0 Å². The molecule has 1 aromatic heterocycles. The maximum atomic E-state index is 11.6. The van der Waals surface area contributed by atoms with Gasteiger partial charge < -0.3 is 4.98 Å². The van der Waals surface area contributed by atoms with E-state index in [2.05, 4.69) is 4.98 Å². The van der Waals surface area contributed by atoms with Gasteiger partial charge in [-0.2, -0.15) is 0 Å². The minimum atomic E-state index is 0.0728. The van der Waals surface area contributed by atoms with Crippen molar-refractivity contribution in [3.63, 3.8) is 0 Å². The number of rotatable bonds is 1. The summed E-state index contributed by atoms with van der Waals surface area (Å²) in [5, 5.41) is 1.03. The fraction of sp³-hybridized carbons (Fsp3) is 0.286. The van der Waals surface area contributed by atoms with E-state index < -0.39 is 0 Å². The van der Waals surface area contributed by atoms with Crippen LogP contribution in [-0.2, 0) is 6.42 Å². The summed E-state index contributed by atoms with van der Waals surface area (Å²) in [5.41, 5.74) is 4.48. The summed E-state index contributed by atoms with van der Waals surface area (Å²) < 4.78 is 0. The van der Waals surface area contributed by atoms with Crippen LogP contribution in [-0.4, -0.2) is 16.6 Å². The van der Waals surface area contributed by atoms with Crippen LogP contribution in [0.2, 0.25) is 0 Å². The van der Waals surface area contributed by atoms with E-state index in [-0.39, 0.29) is 11.6 Å². The molecule has 0 amide bonds. The van der Waals surface area contributed by atoms with Crippen LogP contribution in [0.5, 0.6) is 0 Å². The minimum absolute atomic E-state index is 0.0728. The molecule has 0 atom stereocenters. The van der Waals surface area contributed by atoms with E-state index in [1.165, 1.54) is 0 Å². The number of aryl methyl sites for hydroxylation is 2. The van der Waals surface area contributed by atoms with Crippen LogP contribution in [0.3, 0.4) is 0 Å². The summed E-state index contributed by atoms with van der Waals surface area (Å²) in [4.78, 5) is 26.3. The van der Waals surface area contributed by atoms with Crippen LogP contribution in [0, 0.1) is 6.92 Å². The number of H-pyrrole nitrogens is 1. The second kappa shape index (κ2) is 3.29. The zero-order valence-corrected chi connectivity index (χ0v) is 9.89. The Kier molecular flexibility index (Phi) is 1.99. The lowest BCUT2D eigenvalue weighted by molar-refractivity contribution is 0.0988. The maximum absolute atomic E-state index is 11.6. The number of Topliss-reactive ketones (excluding diaryl/α,β-unsaturated/α-hetero) is 2. The topological polar surface area (TPSA) is 49.9 Å². The number of aromatic amines is 1. The highest BCUT2D eigenvalue weighted by Gasteiger charge is 2.24. The predicted octanol–water partition coefficient (Wildman–Crippen LogP) is 2.81. The highest BCUT2D eigenvalue weighted by atomic mass is 16.1. The lowest BCUT2D eigenvalue weighted by Gasteiger charge is -2.03. The molecule has 3 rings (SSSR count). The number of carbonyl (C=O) groups is 2. The van der Waals surface area contributed by atoms with Crippen LogP contribution in [0.15, 0.2) is 12.1 Å². The van der Waals surface area contributed by atoms with E-state index in [4.69, 9.17) is 0 Å². The number of hydrogen-bond donors (Lipinski definition) is 1. The first-order valence-electron chi connectivity index (χ1n) is 5.77. The molecular formula is C14H13NO2. The highest BCUT2D eigenvalue weighted by molar-refractivity contribution is 6.07. The van der Waals surface area contributed by atoms with Crippen LogP contribution in [0.4, 0.5) is 0 Å². The van der Waals surface area contributed by atoms with Gasteiger partial charge in [-0.3, -0.25) is 9.59 Å². The molecule has 86 valence electrons. The summed E-state index contributed by atoms with van der Waals surface area (Å²) in [5.74, 6) is 0.252. The average Bonchev–Trinajstić information content (AvgIpc) is 2.77. The molecular weight excluding hydrogens is 214 g/mol. The zero-order chi connectivity index (χ0) is 12.2. The van der Waals surface area contributed by atoms with Gasteiger partial charge in [-0.15, -0.1) is 0 Å². The summed E-state index contributed by atoms with van der Waals surface area (Å²) in [6.45, 7) is 3.50. The number of carbonyl (C=O) groups excluding carboxylic acids is 2. The molecule has 0 saturated carbocycles. The summed E-state index contributed by atoms with van der Waals surface area (Å²) in [6, 6.07) is 3.87. The molecule has 1 aliphatic carbocycles. The zero-order valence-electron chi connectivity index (χ0n) is 9.89. The number of benzene rings is 1. The molecule has 3 nitrogen and oxygen atoms in total. The van der Waals surface area contributed by atoms with Crippen molar-refractivity contribution in [1.29, 1.82) is 0 Å². The van der Waals surface area contributed by atoms with Crippen molar-refractivity contribution < 1.29 is 9.59 Å². The maximum Gasteiger partial charge on any atom is 0.179 e. The molecule has 3 heteroatoms. The predicted molar refractivity (Wildman–Crippen MR) is 65.7 cm³/mol. The third-order valence-corrected chi connectivity index (χ3v) is 3.51. The molecule has 0 fully saturated rings. The van der Waals surface area contributed by atoms with Crippen LogP contribution in [0.1, 0.15) is 45.3 Å². The average molecular weight is 227 g/mol. The molecule has 0 aliphatic heterocycles. The Morgan fingerprint density at radius 2 is 2.06 bits per heavy atom. The minimum Gasteiger partial charge on any atom is -0.352 e. The largest absolute Gasteiger partial charge is 0.352 e. The molecule has 1 heterocycles.